The van der Waals surface area contributed by atoms with Crippen LogP contribution < -0.4 is 16.4 Å². The number of nitrogens with zero attached hydrogens (tertiary/aromatic N) is 1. The van der Waals surface area contributed by atoms with E-state index in [4.69, 9.17) is 5.73 Å². The van der Waals surface area contributed by atoms with Gasteiger partial charge in [0.2, 0.25) is 17.7 Å². The third kappa shape index (κ3) is 6.88. The summed E-state index contributed by atoms with van der Waals surface area (Å²) in [5, 5.41) is 15.8. The summed E-state index contributed by atoms with van der Waals surface area (Å²) in [5.74, 6) is -2.63. The van der Waals surface area contributed by atoms with Crippen LogP contribution in [0, 0.1) is 11.8 Å². The molecule has 3 amide bonds. The van der Waals surface area contributed by atoms with E-state index in [0.717, 1.165) is 16.5 Å². The average molecular weight is 514 g/mol. The SMILES string of the molecule is CC(C)CC(NC(=O)C(NC(=O)C1CCCN1C(=O)C(N)Cc1c[nH]c2ccccc12)C(C)C)C(=O)O. The second kappa shape index (κ2) is 12.2. The molecule has 1 aliphatic rings. The smallest absolute Gasteiger partial charge is 0.326 e. The number of likely N-dealkylation sites (tertiary alicyclic amines) is 1. The average Bonchev–Trinajstić information content (AvgIpc) is 3.48. The lowest BCUT2D eigenvalue weighted by Crippen LogP contribution is -2.58. The van der Waals surface area contributed by atoms with Crippen LogP contribution in [0.2, 0.25) is 0 Å². The van der Waals surface area contributed by atoms with Crippen molar-refractivity contribution in [2.45, 2.75) is 77.5 Å². The van der Waals surface area contributed by atoms with Crippen molar-refractivity contribution in [3.8, 4) is 0 Å². The molecule has 0 aliphatic carbocycles. The monoisotopic (exact) mass is 513 g/mol. The van der Waals surface area contributed by atoms with E-state index in [1.807, 2.05) is 44.3 Å². The fourth-order valence-corrected chi connectivity index (χ4v) is 4.88. The largest absolute Gasteiger partial charge is 0.480 e. The number of H-pyrrole nitrogens is 1. The molecule has 2 heterocycles. The van der Waals surface area contributed by atoms with Gasteiger partial charge in [-0.1, -0.05) is 45.9 Å². The molecular weight excluding hydrogens is 474 g/mol. The van der Waals surface area contributed by atoms with Crippen LogP contribution in [-0.2, 0) is 25.6 Å². The first-order valence-corrected chi connectivity index (χ1v) is 12.9. The van der Waals surface area contributed by atoms with Crippen molar-refractivity contribution in [1.29, 1.82) is 0 Å². The molecule has 0 spiro atoms. The van der Waals surface area contributed by atoms with Crippen molar-refractivity contribution in [3.05, 3.63) is 36.0 Å². The summed E-state index contributed by atoms with van der Waals surface area (Å²) in [7, 11) is 0. The first-order valence-electron chi connectivity index (χ1n) is 12.9. The van der Waals surface area contributed by atoms with Gasteiger partial charge in [-0.25, -0.2) is 4.79 Å². The van der Waals surface area contributed by atoms with E-state index < -0.39 is 42.0 Å². The number of rotatable bonds is 11. The number of aromatic amines is 1. The minimum atomic E-state index is -1.12. The normalized spacial score (nSPS) is 18.1. The number of hydrogen-bond donors (Lipinski definition) is 5. The zero-order valence-electron chi connectivity index (χ0n) is 22.0. The Morgan fingerprint density at radius 2 is 1.84 bits per heavy atom. The molecular formula is C27H39N5O5. The Morgan fingerprint density at radius 1 is 1.14 bits per heavy atom. The molecule has 202 valence electrons. The van der Waals surface area contributed by atoms with Gasteiger partial charge in [0.1, 0.15) is 18.1 Å². The fraction of sp³-hybridized carbons (Fsp3) is 0.556. The highest BCUT2D eigenvalue weighted by molar-refractivity contribution is 5.95. The quantitative estimate of drug-likeness (QED) is 0.308. The first-order chi connectivity index (χ1) is 17.5. The minimum Gasteiger partial charge on any atom is -0.480 e. The molecule has 1 fully saturated rings. The molecule has 0 bridgehead atoms. The number of hydrogen-bond acceptors (Lipinski definition) is 5. The summed E-state index contributed by atoms with van der Waals surface area (Å²) < 4.78 is 0. The van der Waals surface area contributed by atoms with E-state index >= 15 is 0 Å². The van der Waals surface area contributed by atoms with Crippen molar-refractivity contribution in [2.75, 3.05) is 6.54 Å². The van der Waals surface area contributed by atoms with Crippen LogP contribution in [0.25, 0.3) is 10.9 Å². The summed E-state index contributed by atoms with van der Waals surface area (Å²) in [5.41, 5.74) is 8.20. The third-order valence-corrected chi connectivity index (χ3v) is 6.84. The maximum absolute atomic E-state index is 13.3. The standard InChI is InChI=1S/C27H39N5O5/c1-15(2)12-21(27(36)37)30-25(34)23(16(3)4)31-24(33)22-10-7-11-32(22)26(35)19(28)13-17-14-29-20-9-6-5-8-18(17)20/h5-6,8-9,14-16,19,21-23,29H,7,10-13,28H2,1-4H3,(H,30,34)(H,31,33)(H,36,37). The number of carbonyl (C=O) groups excluding carboxylic acids is 3. The molecule has 1 aromatic heterocycles. The molecule has 37 heavy (non-hydrogen) atoms. The van der Waals surface area contributed by atoms with Crippen molar-refractivity contribution >= 4 is 34.6 Å². The van der Waals surface area contributed by atoms with Gasteiger partial charge in [-0.3, -0.25) is 14.4 Å². The van der Waals surface area contributed by atoms with Crippen LogP contribution in [-0.4, -0.2) is 69.4 Å². The lowest BCUT2D eigenvalue weighted by Gasteiger charge is -2.30. The van der Waals surface area contributed by atoms with E-state index in [-0.39, 0.29) is 24.2 Å². The number of nitrogens with two attached hydrogens (primary N) is 1. The van der Waals surface area contributed by atoms with E-state index in [1.54, 1.807) is 13.8 Å². The van der Waals surface area contributed by atoms with Gasteiger partial charge in [0.15, 0.2) is 0 Å². The van der Waals surface area contributed by atoms with Crippen molar-refractivity contribution < 1.29 is 24.3 Å². The Balaban J connectivity index is 1.66. The molecule has 0 radical (unpaired) electrons. The highest BCUT2D eigenvalue weighted by atomic mass is 16.4. The van der Waals surface area contributed by atoms with Crippen molar-refractivity contribution in [2.24, 2.45) is 17.6 Å². The number of fused-ring (bicyclic) bond motifs is 1. The van der Waals surface area contributed by atoms with Gasteiger partial charge in [-0.15, -0.1) is 0 Å². The molecule has 4 unspecified atom stereocenters. The Bertz CT molecular complexity index is 1130. The molecule has 1 saturated heterocycles. The number of carbonyl (C=O) groups is 4. The lowest BCUT2D eigenvalue weighted by atomic mass is 10.00. The van der Waals surface area contributed by atoms with Gasteiger partial charge < -0.3 is 31.4 Å². The highest BCUT2D eigenvalue weighted by Gasteiger charge is 2.38. The van der Waals surface area contributed by atoms with Crippen LogP contribution >= 0.6 is 0 Å². The molecule has 10 nitrogen and oxygen atoms in total. The summed E-state index contributed by atoms with van der Waals surface area (Å²) in [6, 6.07) is 4.25. The molecule has 3 rings (SSSR count). The number of carboxylic acid groups (broad SMARTS) is 1. The summed E-state index contributed by atoms with van der Waals surface area (Å²) in [4.78, 5) is 55.7. The van der Waals surface area contributed by atoms with Crippen LogP contribution in [0.4, 0.5) is 0 Å². The fourth-order valence-electron chi connectivity index (χ4n) is 4.88. The van der Waals surface area contributed by atoms with Gasteiger partial charge >= 0.3 is 5.97 Å². The number of aromatic nitrogens is 1. The zero-order valence-corrected chi connectivity index (χ0v) is 22.0. The minimum absolute atomic E-state index is 0.0695. The van der Waals surface area contributed by atoms with Gasteiger partial charge in [0.05, 0.1) is 6.04 Å². The topological polar surface area (TPSA) is 158 Å². The number of amides is 3. The summed E-state index contributed by atoms with van der Waals surface area (Å²) in [6.07, 6.45) is 3.57. The van der Waals surface area contributed by atoms with Gasteiger partial charge in [-0.2, -0.15) is 0 Å². The molecule has 1 aromatic carbocycles. The van der Waals surface area contributed by atoms with E-state index in [0.29, 0.717) is 25.8 Å². The highest BCUT2D eigenvalue weighted by Crippen LogP contribution is 2.22. The number of carboxylic acids is 1. The second-order valence-corrected chi connectivity index (χ2v) is 10.6. The van der Waals surface area contributed by atoms with E-state index in [1.165, 1.54) is 4.90 Å². The molecule has 0 saturated carbocycles. The zero-order chi connectivity index (χ0) is 27.3. The number of nitrogens with one attached hydrogen (secondary N) is 3. The van der Waals surface area contributed by atoms with E-state index in [9.17, 15) is 24.3 Å². The Kier molecular flexibility index (Phi) is 9.31. The molecule has 10 heteroatoms. The predicted molar refractivity (Wildman–Crippen MR) is 141 cm³/mol. The molecule has 6 N–H and O–H groups in total. The third-order valence-electron chi connectivity index (χ3n) is 6.84. The van der Waals surface area contributed by atoms with Crippen LogP contribution in [0.3, 0.4) is 0 Å². The van der Waals surface area contributed by atoms with Crippen LogP contribution in [0.1, 0.15) is 52.5 Å². The van der Waals surface area contributed by atoms with Crippen LogP contribution in [0.5, 0.6) is 0 Å². The number of para-hydroxylation sites is 1. The maximum Gasteiger partial charge on any atom is 0.326 e. The lowest BCUT2D eigenvalue weighted by molar-refractivity contribution is -0.143. The van der Waals surface area contributed by atoms with Gasteiger partial charge in [0, 0.05) is 23.6 Å². The Hall–Kier alpha value is -3.40. The second-order valence-electron chi connectivity index (χ2n) is 10.6. The number of aliphatic carboxylic acids is 1. The molecule has 2 aromatic rings. The summed E-state index contributed by atoms with van der Waals surface area (Å²) in [6.45, 7) is 7.71. The van der Waals surface area contributed by atoms with E-state index in [2.05, 4.69) is 15.6 Å². The maximum atomic E-state index is 13.3. The first kappa shape index (κ1) is 28.2. The molecule has 4 atom stereocenters. The van der Waals surface area contributed by atoms with Crippen LogP contribution in [0.15, 0.2) is 30.5 Å². The predicted octanol–water partition coefficient (Wildman–Crippen LogP) is 1.79. The van der Waals surface area contributed by atoms with Crippen molar-refractivity contribution in [1.82, 2.24) is 20.5 Å². The Morgan fingerprint density at radius 3 is 2.49 bits per heavy atom. The summed E-state index contributed by atoms with van der Waals surface area (Å²) >= 11 is 0. The van der Waals surface area contributed by atoms with Gasteiger partial charge in [0.25, 0.3) is 0 Å². The number of benzene rings is 1. The van der Waals surface area contributed by atoms with Gasteiger partial charge in [-0.05, 0) is 49.1 Å². The molecule has 1 aliphatic heterocycles. The Labute approximate surface area is 217 Å². The van der Waals surface area contributed by atoms with Crippen molar-refractivity contribution in [3.63, 3.8) is 0 Å².